The minimum absolute atomic E-state index is 0.0164. The lowest BCUT2D eigenvalue weighted by molar-refractivity contribution is 0.156. The van der Waals surface area contributed by atoms with Crippen molar-refractivity contribution < 1.29 is 9.50 Å². The summed E-state index contributed by atoms with van der Waals surface area (Å²) >= 11 is 6.03. The third-order valence-electron chi connectivity index (χ3n) is 3.93. The molecule has 2 aromatic heterocycles. The number of benzene rings is 1. The zero-order valence-electron chi connectivity index (χ0n) is 13.2. The highest BCUT2D eigenvalue weighted by molar-refractivity contribution is 6.31. The smallest absolute Gasteiger partial charge is 0.130 e. The summed E-state index contributed by atoms with van der Waals surface area (Å²) in [6.45, 7) is 1.68. The summed E-state index contributed by atoms with van der Waals surface area (Å²) in [4.78, 5) is 8.19. The minimum Gasteiger partial charge on any atom is -0.386 e. The number of rotatable bonds is 4. The summed E-state index contributed by atoms with van der Waals surface area (Å²) in [7, 11) is 0. The van der Waals surface area contributed by atoms with Crippen molar-refractivity contribution in [1.29, 1.82) is 5.26 Å². The van der Waals surface area contributed by atoms with Crippen molar-refractivity contribution in [3.05, 3.63) is 64.8 Å². The van der Waals surface area contributed by atoms with E-state index in [1.54, 1.807) is 25.4 Å². The molecule has 0 amide bonds. The number of aromatic nitrogens is 2. The molecule has 0 aliphatic rings. The van der Waals surface area contributed by atoms with E-state index in [-0.39, 0.29) is 10.6 Å². The molecule has 2 unspecified atom stereocenters. The highest BCUT2D eigenvalue weighted by atomic mass is 35.5. The average Bonchev–Trinajstić information content (AvgIpc) is 2.61. The molecule has 0 saturated carbocycles. The summed E-state index contributed by atoms with van der Waals surface area (Å²) in [6, 6.07) is 7.41. The molecule has 0 aliphatic heterocycles. The number of aliphatic hydroxyl groups is 1. The van der Waals surface area contributed by atoms with Gasteiger partial charge in [0, 0.05) is 28.4 Å². The Bertz CT molecular complexity index is 953. The van der Waals surface area contributed by atoms with Crippen LogP contribution in [-0.2, 0) is 0 Å². The second kappa shape index (κ2) is 7.01. The molecule has 7 heteroatoms. The van der Waals surface area contributed by atoms with Gasteiger partial charge in [-0.15, -0.1) is 0 Å². The van der Waals surface area contributed by atoms with Crippen molar-refractivity contribution in [2.24, 2.45) is 0 Å². The number of nitrogens with one attached hydrogen (secondary N) is 1. The summed E-state index contributed by atoms with van der Waals surface area (Å²) < 4.78 is 14.1. The Labute approximate surface area is 148 Å². The highest BCUT2D eigenvalue weighted by Gasteiger charge is 2.24. The van der Waals surface area contributed by atoms with Crippen LogP contribution in [0, 0.1) is 17.1 Å². The van der Waals surface area contributed by atoms with Crippen LogP contribution < -0.4 is 5.32 Å². The van der Waals surface area contributed by atoms with E-state index in [1.807, 2.05) is 0 Å². The molecule has 0 radical (unpaired) electrons. The first-order valence-corrected chi connectivity index (χ1v) is 7.92. The van der Waals surface area contributed by atoms with Gasteiger partial charge in [-0.2, -0.15) is 5.26 Å². The van der Waals surface area contributed by atoms with Crippen molar-refractivity contribution in [3.8, 4) is 6.07 Å². The maximum Gasteiger partial charge on any atom is 0.130 e. The Morgan fingerprint density at radius 2 is 2.12 bits per heavy atom. The van der Waals surface area contributed by atoms with Crippen molar-refractivity contribution in [3.63, 3.8) is 0 Å². The second-order valence-electron chi connectivity index (χ2n) is 5.56. The normalized spacial score (nSPS) is 13.2. The predicted molar refractivity (Wildman–Crippen MR) is 93.7 cm³/mol. The number of anilines is 1. The molecule has 2 atom stereocenters. The number of pyridine rings is 2. The molecule has 25 heavy (non-hydrogen) atoms. The van der Waals surface area contributed by atoms with E-state index in [9.17, 15) is 14.8 Å². The summed E-state index contributed by atoms with van der Waals surface area (Å²) in [5.74, 6) is -0.585. The molecular formula is C18H14ClFN4O. The molecule has 0 spiro atoms. The van der Waals surface area contributed by atoms with E-state index in [0.29, 0.717) is 22.2 Å². The van der Waals surface area contributed by atoms with Gasteiger partial charge in [-0.1, -0.05) is 17.7 Å². The van der Waals surface area contributed by atoms with Gasteiger partial charge in [0.2, 0.25) is 0 Å². The van der Waals surface area contributed by atoms with Gasteiger partial charge in [-0.25, -0.2) is 4.39 Å². The fourth-order valence-corrected chi connectivity index (χ4v) is 2.91. The van der Waals surface area contributed by atoms with E-state index in [1.165, 1.54) is 24.4 Å². The first kappa shape index (κ1) is 17.1. The van der Waals surface area contributed by atoms with Gasteiger partial charge in [-0.05, 0) is 25.1 Å². The molecular weight excluding hydrogens is 343 g/mol. The molecule has 0 bridgehead atoms. The molecule has 0 saturated heterocycles. The van der Waals surface area contributed by atoms with Crippen molar-refractivity contribution in [2.75, 3.05) is 5.32 Å². The second-order valence-corrected chi connectivity index (χ2v) is 5.97. The van der Waals surface area contributed by atoms with Crippen LogP contribution in [0.2, 0.25) is 5.02 Å². The quantitative estimate of drug-likeness (QED) is 0.742. The maximum atomic E-state index is 14.1. The van der Waals surface area contributed by atoms with Crippen LogP contribution in [0.5, 0.6) is 0 Å². The Hall–Kier alpha value is -2.75. The Morgan fingerprint density at radius 1 is 1.32 bits per heavy atom. The molecule has 0 fully saturated rings. The lowest BCUT2D eigenvalue weighted by atomic mass is 10.0. The lowest BCUT2D eigenvalue weighted by Crippen LogP contribution is -2.25. The number of hydrogen-bond acceptors (Lipinski definition) is 5. The molecule has 2 N–H and O–H groups in total. The largest absolute Gasteiger partial charge is 0.386 e. The fraction of sp³-hybridized carbons (Fsp3) is 0.167. The number of halogens is 2. The van der Waals surface area contributed by atoms with E-state index >= 15 is 0 Å². The summed E-state index contributed by atoms with van der Waals surface area (Å²) in [5.41, 5.74) is 1.45. The summed E-state index contributed by atoms with van der Waals surface area (Å²) in [6.07, 6.45) is 3.40. The zero-order chi connectivity index (χ0) is 18.0. The van der Waals surface area contributed by atoms with Gasteiger partial charge in [0.05, 0.1) is 29.0 Å². The maximum absolute atomic E-state index is 14.1. The fourth-order valence-electron chi connectivity index (χ4n) is 2.63. The van der Waals surface area contributed by atoms with Crippen LogP contribution in [0.15, 0.2) is 42.9 Å². The van der Waals surface area contributed by atoms with Crippen LogP contribution in [-0.4, -0.2) is 21.1 Å². The molecule has 3 rings (SSSR count). The van der Waals surface area contributed by atoms with E-state index in [0.717, 1.165) is 0 Å². The van der Waals surface area contributed by atoms with Crippen LogP contribution in [0.1, 0.15) is 24.2 Å². The number of hydrogen-bond donors (Lipinski definition) is 2. The van der Waals surface area contributed by atoms with Crippen molar-refractivity contribution >= 4 is 28.2 Å². The molecule has 0 aliphatic carbocycles. The van der Waals surface area contributed by atoms with Crippen LogP contribution >= 0.6 is 11.6 Å². The Kier molecular flexibility index (Phi) is 4.79. The zero-order valence-corrected chi connectivity index (χ0v) is 14.0. The third-order valence-corrected chi connectivity index (χ3v) is 4.26. The number of aliphatic hydroxyl groups excluding tert-OH is 1. The highest BCUT2D eigenvalue weighted by Crippen LogP contribution is 2.31. The van der Waals surface area contributed by atoms with Gasteiger partial charge < -0.3 is 10.4 Å². The van der Waals surface area contributed by atoms with Crippen molar-refractivity contribution in [2.45, 2.75) is 19.1 Å². The van der Waals surface area contributed by atoms with Gasteiger partial charge in [0.15, 0.2) is 0 Å². The van der Waals surface area contributed by atoms with Gasteiger partial charge >= 0.3 is 0 Å². The molecule has 1 aromatic carbocycles. The minimum atomic E-state index is -1.20. The van der Waals surface area contributed by atoms with Crippen LogP contribution in [0.25, 0.3) is 10.9 Å². The Morgan fingerprint density at radius 3 is 2.84 bits per heavy atom. The number of fused-ring (bicyclic) bond motifs is 1. The molecule has 5 nitrogen and oxygen atoms in total. The monoisotopic (exact) mass is 356 g/mol. The first-order valence-electron chi connectivity index (χ1n) is 7.54. The molecule has 3 aromatic rings. The van der Waals surface area contributed by atoms with Crippen LogP contribution in [0.4, 0.5) is 10.1 Å². The van der Waals surface area contributed by atoms with Gasteiger partial charge in [0.1, 0.15) is 18.0 Å². The predicted octanol–water partition coefficient (Wildman–Crippen LogP) is 3.83. The topological polar surface area (TPSA) is 81.8 Å². The SMILES string of the molecule is CC(Nc1c(C#N)cnc2cnccc12)C(O)c1c(F)cccc1Cl. The van der Waals surface area contributed by atoms with Crippen LogP contribution in [0.3, 0.4) is 0 Å². The molecule has 2 heterocycles. The third kappa shape index (κ3) is 3.25. The van der Waals surface area contributed by atoms with Gasteiger partial charge in [0.25, 0.3) is 0 Å². The summed E-state index contributed by atoms with van der Waals surface area (Å²) in [5, 5.41) is 23.8. The van der Waals surface area contributed by atoms with E-state index in [2.05, 4.69) is 21.4 Å². The number of nitriles is 1. The first-order chi connectivity index (χ1) is 12.0. The van der Waals surface area contributed by atoms with Crippen molar-refractivity contribution in [1.82, 2.24) is 9.97 Å². The van der Waals surface area contributed by atoms with E-state index < -0.39 is 18.0 Å². The molecule has 126 valence electrons. The standard InChI is InChI=1S/C18H14ClFN4O/c1-10(18(25)16-13(19)3-2-4-14(16)20)24-17-11(7-21)8-23-15-9-22-6-5-12(15)17/h2-6,8-10,18,25H,1H3,(H,23,24). The lowest BCUT2D eigenvalue weighted by Gasteiger charge is -2.24. The van der Waals surface area contributed by atoms with E-state index in [4.69, 9.17) is 11.6 Å². The number of nitrogens with zero attached hydrogens (tertiary/aromatic N) is 3. The Balaban J connectivity index is 2.00. The van der Waals surface area contributed by atoms with Gasteiger partial charge in [-0.3, -0.25) is 9.97 Å². The average molecular weight is 357 g/mol.